The Morgan fingerprint density at radius 1 is 0.925 bits per heavy atom. The summed E-state index contributed by atoms with van der Waals surface area (Å²) in [5, 5.41) is 3.68. The fourth-order valence-corrected chi connectivity index (χ4v) is 4.60. The van der Waals surface area contributed by atoms with Crippen LogP contribution in [0, 0.1) is 24.4 Å². The maximum absolute atomic E-state index is 14.4. The monoisotopic (exact) mass is 564 g/mol. The highest BCUT2D eigenvalue weighted by Gasteiger charge is 2.24. The summed E-state index contributed by atoms with van der Waals surface area (Å²) in [6.07, 6.45) is 0. The molecule has 0 atom stereocenters. The lowest BCUT2D eigenvalue weighted by Crippen LogP contribution is -2.34. The molecule has 0 aliphatic heterocycles. The number of carbonyl (C=O) groups excluding carboxylic acids is 1. The number of nitrogens with one attached hydrogen (secondary N) is 1. The van der Waals surface area contributed by atoms with Gasteiger partial charge in [0.1, 0.15) is 28.6 Å². The van der Waals surface area contributed by atoms with E-state index in [0.717, 1.165) is 27.6 Å². The Bertz CT molecular complexity index is 1660. The predicted molar refractivity (Wildman–Crippen MR) is 149 cm³/mol. The van der Waals surface area contributed by atoms with E-state index in [1.165, 1.54) is 4.90 Å². The second-order valence-corrected chi connectivity index (χ2v) is 9.72. The molecule has 2 amide bonds. The van der Waals surface area contributed by atoms with E-state index in [1.54, 1.807) is 43.5 Å². The zero-order valence-electron chi connectivity index (χ0n) is 21.6. The Morgan fingerprint density at radius 3 is 2.25 bits per heavy atom. The SMILES string of the molecule is COc1ccc(CN(Cc2oc3ccc(C)cc3c2-c2ccc(Cl)cc2)C(=O)Nc2c(F)cc(F)cc2F)cc1. The molecule has 9 heteroatoms. The Hall–Kier alpha value is -4.43. The summed E-state index contributed by atoms with van der Waals surface area (Å²) in [6.45, 7) is 1.98. The summed E-state index contributed by atoms with van der Waals surface area (Å²) in [5.74, 6) is -2.44. The summed E-state index contributed by atoms with van der Waals surface area (Å²) >= 11 is 6.13. The maximum atomic E-state index is 14.4. The lowest BCUT2D eigenvalue weighted by Gasteiger charge is -2.23. The first-order valence-electron chi connectivity index (χ1n) is 12.3. The molecule has 1 aromatic heterocycles. The number of rotatable bonds is 7. The van der Waals surface area contributed by atoms with Gasteiger partial charge in [0.15, 0.2) is 11.6 Å². The average molecular weight is 565 g/mol. The number of urea groups is 1. The van der Waals surface area contributed by atoms with Crippen molar-refractivity contribution in [2.75, 3.05) is 12.4 Å². The molecule has 0 spiro atoms. The number of carbonyl (C=O) groups is 1. The van der Waals surface area contributed by atoms with Crippen LogP contribution in [0.15, 0.2) is 83.3 Å². The van der Waals surface area contributed by atoms with Gasteiger partial charge < -0.3 is 19.4 Å². The van der Waals surface area contributed by atoms with E-state index in [-0.39, 0.29) is 13.1 Å². The zero-order chi connectivity index (χ0) is 28.4. The van der Waals surface area contributed by atoms with E-state index >= 15 is 0 Å². The Labute approximate surface area is 233 Å². The van der Waals surface area contributed by atoms with Crippen molar-refractivity contribution >= 4 is 34.3 Å². The van der Waals surface area contributed by atoms with Crippen LogP contribution in [-0.4, -0.2) is 18.0 Å². The number of amides is 2. The first-order valence-corrected chi connectivity index (χ1v) is 12.7. The largest absolute Gasteiger partial charge is 0.497 e. The lowest BCUT2D eigenvalue weighted by molar-refractivity contribution is 0.201. The minimum absolute atomic E-state index is 0.0476. The molecule has 204 valence electrons. The third kappa shape index (κ3) is 5.77. The van der Waals surface area contributed by atoms with Crippen molar-refractivity contribution in [3.8, 4) is 16.9 Å². The Morgan fingerprint density at radius 2 is 1.60 bits per heavy atom. The van der Waals surface area contributed by atoms with Crippen molar-refractivity contribution in [1.29, 1.82) is 0 Å². The number of ether oxygens (including phenoxy) is 1. The van der Waals surface area contributed by atoms with E-state index in [1.807, 2.05) is 37.3 Å². The number of hydrogen-bond donors (Lipinski definition) is 1. The molecule has 0 radical (unpaired) electrons. The molecule has 4 aromatic carbocycles. The van der Waals surface area contributed by atoms with Gasteiger partial charge in [0, 0.05) is 34.6 Å². The standard InChI is InChI=1S/C31H24ClF3N2O3/c1-18-3-12-27-24(13-18)29(20-6-8-21(32)9-7-20)28(40-27)17-37(16-19-4-10-23(39-2)11-5-19)31(38)36-30-25(34)14-22(33)15-26(30)35/h3-15H,16-17H2,1-2H3,(H,36,38). The van der Waals surface area contributed by atoms with E-state index in [2.05, 4.69) is 5.32 Å². The van der Waals surface area contributed by atoms with E-state index in [9.17, 15) is 18.0 Å². The second kappa shape index (κ2) is 11.4. The number of hydrogen-bond acceptors (Lipinski definition) is 3. The van der Waals surface area contributed by atoms with Crippen LogP contribution in [0.25, 0.3) is 22.1 Å². The van der Waals surface area contributed by atoms with E-state index in [0.29, 0.717) is 34.2 Å². The van der Waals surface area contributed by atoms with Crippen molar-refractivity contribution in [3.63, 3.8) is 0 Å². The minimum atomic E-state index is -1.23. The summed E-state index contributed by atoms with van der Waals surface area (Å²) in [6, 6.07) is 20.2. The molecule has 0 aliphatic rings. The van der Waals surface area contributed by atoms with E-state index < -0.39 is 29.2 Å². The number of fused-ring (bicyclic) bond motifs is 1. The highest BCUT2D eigenvalue weighted by molar-refractivity contribution is 6.30. The number of benzene rings is 4. The smallest absolute Gasteiger partial charge is 0.322 e. The molecule has 40 heavy (non-hydrogen) atoms. The molecule has 0 saturated heterocycles. The zero-order valence-corrected chi connectivity index (χ0v) is 22.4. The third-order valence-electron chi connectivity index (χ3n) is 6.44. The molecule has 0 aliphatic carbocycles. The topological polar surface area (TPSA) is 54.7 Å². The summed E-state index contributed by atoms with van der Waals surface area (Å²) in [5.41, 5.74) is 3.21. The molecule has 5 aromatic rings. The van der Waals surface area contributed by atoms with Crippen LogP contribution in [-0.2, 0) is 13.1 Å². The highest BCUT2D eigenvalue weighted by Crippen LogP contribution is 2.37. The molecular formula is C31H24ClF3N2O3. The first kappa shape index (κ1) is 27.1. The molecule has 0 bridgehead atoms. The average Bonchev–Trinajstić information content (AvgIpc) is 3.28. The molecule has 0 unspecified atom stereocenters. The van der Waals surface area contributed by atoms with E-state index in [4.69, 9.17) is 20.8 Å². The number of methoxy groups -OCH3 is 1. The summed E-state index contributed by atoms with van der Waals surface area (Å²) in [7, 11) is 1.54. The van der Waals surface area contributed by atoms with Gasteiger partial charge in [0.05, 0.1) is 13.7 Å². The molecular weight excluding hydrogens is 541 g/mol. The van der Waals surface area contributed by atoms with Gasteiger partial charge in [-0.3, -0.25) is 0 Å². The maximum Gasteiger partial charge on any atom is 0.322 e. The van der Waals surface area contributed by atoms with Gasteiger partial charge in [-0.15, -0.1) is 0 Å². The number of furan rings is 1. The van der Waals surface area contributed by atoms with Crippen LogP contribution < -0.4 is 10.1 Å². The van der Waals surface area contributed by atoms with Gasteiger partial charge in [0.25, 0.3) is 0 Å². The van der Waals surface area contributed by atoms with Crippen molar-refractivity contribution < 1.29 is 27.1 Å². The number of aryl methyl sites for hydroxylation is 1. The fourth-order valence-electron chi connectivity index (χ4n) is 4.48. The van der Waals surface area contributed by atoms with Gasteiger partial charge in [-0.1, -0.05) is 47.5 Å². The van der Waals surface area contributed by atoms with Crippen molar-refractivity contribution in [2.45, 2.75) is 20.0 Å². The molecule has 0 saturated carbocycles. The summed E-state index contributed by atoms with van der Waals surface area (Å²) < 4.78 is 53.7. The molecule has 1 heterocycles. The van der Waals surface area contributed by atoms with Crippen molar-refractivity contribution in [1.82, 2.24) is 4.90 Å². The van der Waals surface area contributed by atoms with Crippen molar-refractivity contribution in [3.05, 3.63) is 118 Å². The third-order valence-corrected chi connectivity index (χ3v) is 6.69. The molecule has 5 rings (SSSR count). The summed E-state index contributed by atoms with van der Waals surface area (Å²) in [4.78, 5) is 14.9. The van der Waals surface area contributed by atoms with Gasteiger partial charge >= 0.3 is 6.03 Å². The minimum Gasteiger partial charge on any atom is -0.497 e. The van der Waals surface area contributed by atoms with Gasteiger partial charge in [0.2, 0.25) is 0 Å². The van der Waals surface area contributed by atoms with Crippen LogP contribution in [0.3, 0.4) is 0 Å². The number of nitrogens with zero attached hydrogens (tertiary/aromatic N) is 1. The van der Waals surface area contributed by atoms with Crippen LogP contribution in [0.1, 0.15) is 16.9 Å². The second-order valence-electron chi connectivity index (χ2n) is 9.29. The van der Waals surface area contributed by atoms with Gasteiger partial charge in [-0.25, -0.2) is 18.0 Å². The fraction of sp³-hybridized carbons (Fsp3) is 0.129. The lowest BCUT2D eigenvalue weighted by atomic mass is 10.0. The van der Waals surface area contributed by atoms with Crippen LogP contribution >= 0.6 is 11.6 Å². The quantitative estimate of drug-likeness (QED) is 0.215. The normalized spacial score (nSPS) is 11.1. The predicted octanol–water partition coefficient (Wildman–Crippen LogP) is 8.72. The van der Waals surface area contributed by atoms with Crippen LogP contribution in [0.5, 0.6) is 5.75 Å². The van der Waals surface area contributed by atoms with Crippen LogP contribution in [0.4, 0.5) is 23.7 Å². The number of halogens is 4. The molecule has 1 N–H and O–H groups in total. The van der Waals surface area contributed by atoms with Gasteiger partial charge in [-0.05, 0) is 54.4 Å². The molecule has 5 nitrogen and oxygen atoms in total. The Balaban J connectivity index is 1.56. The van der Waals surface area contributed by atoms with Crippen LogP contribution in [0.2, 0.25) is 5.02 Å². The van der Waals surface area contributed by atoms with Crippen molar-refractivity contribution in [2.24, 2.45) is 0 Å². The van der Waals surface area contributed by atoms with Gasteiger partial charge in [-0.2, -0.15) is 0 Å². The number of anilines is 1. The highest BCUT2D eigenvalue weighted by atomic mass is 35.5. The Kier molecular flexibility index (Phi) is 7.71. The molecule has 0 fully saturated rings. The first-order chi connectivity index (χ1) is 19.2.